The Morgan fingerprint density at radius 3 is 2.64 bits per heavy atom. The van der Waals surface area contributed by atoms with E-state index < -0.39 is 0 Å². The number of rotatable bonds is 11. The molecule has 0 saturated carbocycles. The monoisotopic (exact) mass is 443 g/mol. The molecule has 4 rings (SSSR count). The van der Waals surface area contributed by atoms with Crippen LogP contribution in [0.1, 0.15) is 40.5 Å². The quantitative estimate of drug-likeness (QED) is 0.349. The van der Waals surface area contributed by atoms with E-state index in [4.69, 9.17) is 14.3 Å². The molecule has 6 nitrogen and oxygen atoms in total. The molecule has 0 spiro atoms. The first-order valence-corrected chi connectivity index (χ1v) is 11.2. The molecule has 1 N–H and O–H groups in total. The van der Waals surface area contributed by atoms with Gasteiger partial charge in [-0.2, -0.15) is 0 Å². The Morgan fingerprint density at radius 1 is 1.03 bits per heavy atom. The second-order valence-electron chi connectivity index (χ2n) is 7.97. The Morgan fingerprint density at radius 2 is 1.85 bits per heavy atom. The Labute approximate surface area is 194 Å². The number of ether oxygens (including phenoxy) is 1. The average Bonchev–Trinajstić information content (AvgIpc) is 3.48. The molecule has 6 heteroatoms. The summed E-state index contributed by atoms with van der Waals surface area (Å²) in [5, 5.41) is 9.11. The molecular formula is C27H29N3O3. The van der Waals surface area contributed by atoms with Gasteiger partial charge in [-0.1, -0.05) is 42.0 Å². The standard InChI is InChI=1S/C27H29N3O3/c1-21-4-6-23(7-5-21)10-13-27-29-24(20-33-27)19-32-25-11-8-22(9-12-25)3-2-16-30-17-15-28-26(30)14-18-31/h4-13,15,17,20,31H,2-3,14,16,18-19H2,1H3/b13-10+. The van der Waals surface area contributed by atoms with Crippen molar-refractivity contribution in [1.29, 1.82) is 0 Å². The van der Waals surface area contributed by atoms with E-state index in [0.717, 1.165) is 42.2 Å². The molecule has 2 heterocycles. The molecule has 2 aromatic heterocycles. The molecule has 170 valence electrons. The lowest BCUT2D eigenvalue weighted by Gasteiger charge is -2.08. The number of aromatic nitrogens is 3. The SMILES string of the molecule is Cc1ccc(/C=C/c2nc(COc3ccc(CCCn4ccnc4CCO)cc3)co2)cc1. The Hall–Kier alpha value is -3.64. The topological polar surface area (TPSA) is 73.3 Å². The van der Waals surface area contributed by atoms with E-state index in [9.17, 15) is 0 Å². The molecule has 0 aliphatic heterocycles. The summed E-state index contributed by atoms with van der Waals surface area (Å²) in [4.78, 5) is 8.75. The highest BCUT2D eigenvalue weighted by Crippen LogP contribution is 2.16. The minimum Gasteiger partial charge on any atom is -0.487 e. The van der Waals surface area contributed by atoms with E-state index in [-0.39, 0.29) is 6.61 Å². The highest BCUT2D eigenvalue weighted by atomic mass is 16.5. The Bertz CT molecular complexity index is 1160. The molecule has 0 unspecified atom stereocenters. The Kier molecular flexibility index (Phi) is 7.72. The lowest BCUT2D eigenvalue weighted by Crippen LogP contribution is -2.06. The molecule has 0 saturated heterocycles. The van der Waals surface area contributed by atoms with Crippen molar-refractivity contribution in [3.63, 3.8) is 0 Å². The molecule has 33 heavy (non-hydrogen) atoms. The van der Waals surface area contributed by atoms with E-state index in [2.05, 4.69) is 57.9 Å². The predicted octanol–water partition coefficient (Wildman–Crippen LogP) is 5.10. The molecule has 0 aliphatic rings. The summed E-state index contributed by atoms with van der Waals surface area (Å²) in [7, 11) is 0. The molecule has 0 atom stereocenters. The maximum atomic E-state index is 9.11. The first kappa shape index (κ1) is 22.6. The minimum absolute atomic E-state index is 0.123. The highest BCUT2D eigenvalue weighted by molar-refractivity contribution is 5.66. The summed E-state index contributed by atoms with van der Waals surface area (Å²) in [5.41, 5.74) is 4.35. The fourth-order valence-electron chi connectivity index (χ4n) is 3.55. The third-order valence-corrected chi connectivity index (χ3v) is 5.38. The average molecular weight is 444 g/mol. The summed E-state index contributed by atoms with van der Waals surface area (Å²) in [6.45, 7) is 3.44. The molecule has 0 aliphatic carbocycles. The van der Waals surface area contributed by atoms with E-state index in [1.807, 2.05) is 30.5 Å². The number of aliphatic hydroxyl groups is 1. The highest BCUT2D eigenvalue weighted by Gasteiger charge is 2.04. The van der Waals surface area contributed by atoms with Crippen LogP contribution in [0.25, 0.3) is 12.2 Å². The van der Waals surface area contributed by atoms with Gasteiger partial charge >= 0.3 is 0 Å². The van der Waals surface area contributed by atoms with Gasteiger partial charge in [0.1, 0.15) is 30.1 Å². The molecule has 0 amide bonds. The van der Waals surface area contributed by atoms with Crippen LogP contribution >= 0.6 is 0 Å². The van der Waals surface area contributed by atoms with Crippen LogP contribution in [0.3, 0.4) is 0 Å². The molecule has 2 aromatic carbocycles. The van der Waals surface area contributed by atoms with Crippen LogP contribution in [0.2, 0.25) is 0 Å². The van der Waals surface area contributed by atoms with Crippen molar-refractivity contribution in [2.75, 3.05) is 6.61 Å². The fourth-order valence-corrected chi connectivity index (χ4v) is 3.55. The van der Waals surface area contributed by atoms with Crippen molar-refractivity contribution in [2.45, 2.75) is 39.3 Å². The maximum absolute atomic E-state index is 9.11. The number of imidazole rings is 1. The van der Waals surface area contributed by atoms with Gasteiger partial charge in [0.15, 0.2) is 0 Å². The molecule has 0 bridgehead atoms. The third kappa shape index (κ3) is 6.67. The van der Waals surface area contributed by atoms with Gasteiger partial charge < -0.3 is 18.8 Å². The summed E-state index contributed by atoms with van der Waals surface area (Å²) in [5.74, 6) is 2.30. The van der Waals surface area contributed by atoms with E-state index in [1.54, 1.807) is 12.5 Å². The summed E-state index contributed by atoms with van der Waals surface area (Å²) in [6, 6.07) is 16.4. The van der Waals surface area contributed by atoms with Crippen molar-refractivity contribution in [3.05, 3.63) is 101 Å². The number of oxazole rings is 1. The van der Waals surface area contributed by atoms with E-state index >= 15 is 0 Å². The van der Waals surface area contributed by atoms with E-state index in [1.165, 1.54) is 11.1 Å². The van der Waals surface area contributed by atoms with Gasteiger partial charge in [0.05, 0.1) is 6.61 Å². The molecule has 0 fully saturated rings. The number of nitrogens with zero attached hydrogens (tertiary/aromatic N) is 3. The van der Waals surface area contributed by atoms with Gasteiger partial charge in [-0.15, -0.1) is 0 Å². The lowest BCUT2D eigenvalue weighted by molar-refractivity contribution is 0.294. The van der Waals surface area contributed by atoms with Crippen molar-refractivity contribution in [3.8, 4) is 5.75 Å². The second kappa shape index (κ2) is 11.3. The van der Waals surface area contributed by atoms with Gasteiger partial charge in [0, 0.05) is 31.4 Å². The van der Waals surface area contributed by atoms with Crippen LogP contribution in [0.5, 0.6) is 5.75 Å². The lowest BCUT2D eigenvalue weighted by atomic mass is 10.1. The van der Waals surface area contributed by atoms with Crippen molar-refractivity contribution >= 4 is 12.2 Å². The van der Waals surface area contributed by atoms with Crippen molar-refractivity contribution in [1.82, 2.24) is 14.5 Å². The normalized spacial score (nSPS) is 11.3. The summed E-state index contributed by atoms with van der Waals surface area (Å²) in [6.07, 6.45) is 11.8. The van der Waals surface area contributed by atoms with Crippen LogP contribution in [0.15, 0.2) is 71.6 Å². The molecule has 0 radical (unpaired) electrons. The Balaban J connectivity index is 1.22. The minimum atomic E-state index is 0.123. The van der Waals surface area contributed by atoms with Crippen molar-refractivity contribution < 1.29 is 14.3 Å². The number of hydrogen-bond acceptors (Lipinski definition) is 5. The molecule has 4 aromatic rings. The second-order valence-corrected chi connectivity index (χ2v) is 7.97. The smallest absolute Gasteiger partial charge is 0.218 e. The zero-order chi connectivity index (χ0) is 22.9. The van der Waals surface area contributed by atoms with E-state index in [0.29, 0.717) is 18.9 Å². The summed E-state index contributed by atoms with van der Waals surface area (Å²) < 4.78 is 13.5. The van der Waals surface area contributed by atoms with Gasteiger partial charge in [0.25, 0.3) is 0 Å². The first-order valence-electron chi connectivity index (χ1n) is 11.2. The number of aliphatic hydroxyl groups excluding tert-OH is 1. The number of benzene rings is 2. The van der Waals surface area contributed by atoms with Gasteiger partial charge in [-0.25, -0.2) is 9.97 Å². The van der Waals surface area contributed by atoms with Crippen LogP contribution in [-0.4, -0.2) is 26.2 Å². The van der Waals surface area contributed by atoms with Gasteiger partial charge in [-0.3, -0.25) is 0 Å². The number of aryl methyl sites for hydroxylation is 3. The number of hydrogen-bond donors (Lipinski definition) is 1. The van der Waals surface area contributed by atoms with Crippen LogP contribution in [-0.2, 0) is 26.0 Å². The maximum Gasteiger partial charge on any atom is 0.218 e. The van der Waals surface area contributed by atoms with Crippen LogP contribution < -0.4 is 4.74 Å². The predicted molar refractivity (Wildman–Crippen MR) is 129 cm³/mol. The van der Waals surface area contributed by atoms with Crippen LogP contribution in [0, 0.1) is 6.92 Å². The van der Waals surface area contributed by atoms with Crippen molar-refractivity contribution in [2.24, 2.45) is 0 Å². The van der Waals surface area contributed by atoms with Gasteiger partial charge in [-0.05, 0) is 49.1 Å². The van der Waals surface area contributed by atoms with Crippen LogP contribution in [0.4, 0.5) is 0 Å². The van der Waals surface area contributed by atoms with Gasteiger partial charge in [0.2, 0.25) is 5.89 Å². The third-order valence-electron chi connectivity index (χ3n) is 5.38. The zero-order valence-corrected chi connectivity index (χ0v) is 18.9. The first-order chi connectivity index (χ1) is 16.2. The zero-order valence-electron chi connectivity index (χ0n) is 18.9. The largest absolute Gasteiger partial charge is 0.487 e. The fraction of sp³-hybridized carbons (Fsp3) is 0.259. The molecular weight excluding hydrogens is 414 g/mol. The summed E-state index contributed by atoms with van der Waals surface area (Å²) >= 11 is 0.